The Kier molecular flexibility index (Phi) is 8.69. The van der Waals surface area contributed by atoms with Gasteiger partial charge in [-0.2, -0.15) is 0 Å². The molecule has 5 nitrogen and oxygen atoms in total. The van der Waals surface area contributed by atoms with Gasteiger partial charge in [0.15, 0.2) is 5.96 Å². The van der Waals surface area contributed by atoms with Gasteiger partial charge in [-0.1, -0.05) is 12.8 Å². The van der Waals surface area contributed by atoms with Crippen LogP contribution in [0.25, 0.3) is 0 Å². The van der Waals surface area contributed by atoms with Crippen LogP contribution in [0.4, 0.5) is 0 Å². The van der Waals surface area contributed by atoms with Gasteiger partial charge in [-0.05, 0) is 51.7 Å². The molecule has 0 aromatic rings. The van der Waals surface area contributed by atoms with Gasteiger partial charge in [-0.15, -0.1) is 0 Å². The molecule has 0 atom stereocenters. The Morgan fingerprint density at radius 1 is 1.24 bits per heavy atom. The van der Waals surface area contributed by atoms with Crippen molar-refractivity contribution in [2.24, 2.45) is 10.4 Å². The molecular weight excluding hydrogens is 264 g/mol. The van der Waals surface area contributed by atoms with E-state index in [0.29, 0.717) is 5.41 Å². The summed E-state index contributed by atoms with van der Waals surface area (Å²) in [6.07, 6.45) is 7.58. The maximum absolute atomic E-state index is 5.29. The first-order chi connectivity index (χ1) is 10.1. The first-order valence-electron chi connectivity index (χ1n) is 8.20. The minimum atomic E-state index is 0.400. The van der Waals surface area contributed by atoms with Gasteiger partial charge >= 0.3 is 0 Å². The van der Waals surface area contributed by atoms with E-state index in [1.54, 1.807) is 7.11 Å². The highest BCUT2D eigenvalue weighted by atomic mass is 16.5. The molecule has 0 radical (unpaired) electrons. The second kappa shape index (κ2) is 10.0. The van der Waals surface area contributed by atoms with Gasteiger partial charge in [-0.3, -0.25) is 4.99 Å². The van der Waals surface area contributed by atoms with E-state index < -0.39 is 0 Å². The van der Waals surface area contributed by atoms with E-state index in [1.165, 1.54) is 25.7 Å². The third-order valence-electron chi connectivity index (χ3n) is 4.43. The molecule has 0 amide bonds. The summed E-state index contributed by atoms with van der Waals surface area (Å²) in [6.45, 7) is 3.92. The minimum Gasteiger partial charge on any atom is -0.385 e. The van der Waals surface area contributed by atoms with Crippen LogP contribution in [0.15, 0.2) is 4.99 Å². The average Bonchev–Trinajstić information content (AvgIpc) is 2.93. The number of nitrogens with zero attached hydrogens (tertiary/aromatic N) is 2. The van der Waals surface area contributed by atoms with Gasteiger partial charge in [0.25, 0.3) is 0 Å². The fourth-order valence-corrected chi connectivity index (χ4v) is 3.05. The SMILES string of the molecule is CN=C(NCCCN(C)C)NCC1(CCOC)CCCC1. The molecular formula is C16H34N4O. The first-order valence-corrected chi connectivity index (χ1v) is 8.20. The molecule has 0 saturated heterocycles. The summed E-state index contributed by atoms with van der Waals surface area (Å²) in [6, 6.07) is 0. The highest BCUT2D eigenvalue weighted by molar-refractivity contribution is 5.79. The van der Waals surface area contributed by atoms with E-state index in [0.717, 1.165) is 45.0 Å². The topological polar surface area (TPSA) is 48.9 Å². The van der Waals surface area contributed by atoms with Gasteiger partial charge in [0.2, 0.25) is 0 Å². The van der Waals surface area contributed by atoms with E-state index in [1.807, 2.05) is 7.05 Å². The standard InChI is InChI=1S/C16H34N4O/c1-17-15(18-11-7-12-20(2)3)19-14-16(10-13-21-4)8-5-6-9-16/h5-14H2,1-4H3,(H2,17,18,19). The van der Waals surface area contributed by atoms with Gasteiger partial charge < -0.3 is 20.3 Å². The van der Waals surface area contributed by atoms with Crippen LogP contribution >= 0.6 is 0 Å². The van der Waals surface area contributed by atoms with E-state index in [-0.39, 0.29) is 0 Å². The minimum absolute atomic E-state index is 0.400. The molecule has 0 spiro atoms. The lowest BCUT2D eigenvalue weighted by atomic mass is 9.83. The Morgan fingerprint density at radius 2 is 1.95 bits per heavy atom. The monoisotopic (exact) mass is 298 g/mol. The quantitative estimate of drug-likeness (QED) is 0.386. The molecule has 1 saturated carbocycles. The Labute approximate surface area is 130 Å². The molecule has 1 rings (SSSR count). The van der Waals surface area contributed by atoms with Crippen LogP contribution in [0.1, 0.15) is 38.5 Å². The molecule has 5 heteroatoms. The fraction of sp³-hybridized carbons (Fsp3) is 0.938. The Bertz CT molecular complexity index is 299. The van der Waals surface area contributed by atoms with Crippen LogP contribution in [0.5, 0.6) is 0 Å². The summed E-state index contributed by atoms with van der Waals surface area (Å²) in [5.41, 5.74) is 0.400. The zero-order valence-corrected chi connectivity index (χ0v) is 14.4. The second-order valence-corrected chi connectivity index (χ2v) is 6.46. The molecule has 0 aliphatic heterocycles. The molecule has 0 aromatic heterocycles. The first kappa shape index (κ1) is 18.2. The third-order valence-corrected chi connectivity index (χ3v) is 4.43. The maximum atomic E-state index is 5.29. The van der Waals surface area contributed by atoms with Crippen molar-refractivity contribution in [1.29, 1.82) is 0 Å². The summed E-state index contributed by atoms with van der Waals surface area (Å²) >= 11 is 0. The third kappa shape index (κ3) is 7.14. The van der Waals surface area contributed by atoms with Crippen molar-refractivity contribution in [1.82, 2.24) is 15.5 Å². The van der Waals surface area contributed by atoms with Crippen LogP contribution < -0.4 is 10.6 Å². The predicted molar refractivity (Wildman–Crippen MR) is 89.9 cm³/mol. The molecule has 124 valence electrons. The fourth-order valence-electron chi connectivity index (χ4n) is 3.05. The lowest BCUT2D eigenvalue weighted by Gasteiger charge is -2.30. The summed E-state index contributed by atoms with van der Waals surface area (Å²) < 4.78 is 5.29. The van der Waals surface area contributed by atoms with E-state index >= 15 is 0 Å². The zero-order valence-electron chi connectivity index (χ0n) is 14.4. The molecule has 0 aromatic carbocycles. The lowest BCUT2D eigenvalue weighted by Crippen LogP contribution is -2.43. The molecule has 1 aliphatic carbocycles. The van der Waals surface area contributed by atoms with Crippen LogP contribution in [0.3, 0.4) is 0 Å². The lowest BCUT2D eigenvalue weighted by molar-refractivity contribution is 0.138. The smallest absolute Gasteiger partial charge is 0.190 e. The molecule has 21 heavy (non-hydrogen) atoms. The zero-order chi connectivity index (χ0) is 15.6. The Morgan fingerprint density at radius 3 is 2.52 bits per heavy atom. The summed E-state index contributed by atoms with van der Waals surface area (Å²) in [5, 5.41) is 6.92. The average molecular weight is 298 g/mol. The summed E-state index contributed by atoms with van der Waals surface area (Å²) in [7, 11) is 7.85. The van der Waals surface area contributed by atoms with Crippen molar-refractivity contribution in [3.05, 3.63) is 0 Å². The van der Waals surface area contributed by atoms with Crippen molar-refractivity contribution in [3.63, 3.8) is 0 Å². The number of aliphatic imine (C=N–C) groups is 1. The molecule has 0 heterocycles. The van der Waals surface area contributed by atoms with Crippen molar-refractivity contribution >= 4 is 5.96 Å². The van der Waals surface area contributed by atoms with Crippen LogP contribution in [-0.2, 0) is 4.74 Å². The molecule has 1 fully saturated rings. The van der Waals surface area contributed by atoms with E-state index in [9.17, 15) is 0 Å². The van der Waals surface area contributed by atoms with Crippen molar-refractivity contribution in [3.8, 4) is 0 Å². The predicted octanol–water partition coefficient (Wildman–Crippen LogP) is 1.70. The Hall–Kier alpha value is -0.810. The van der Waals surface area contributed by atoms with E-state index in [4.69, 9.17) is 4.74 Å². The highest BCUT2D eigenvalue weighted by Crippen LogP contribution is 2.40. The largest absolute Gasteiger partial charge is 0.385 e. The molecule has 0 unspecified atom stereocenters. The molecule has 0 bridgehead atoms. The summed E-state index contributed by atoms with van der Waals surface area (Å²) in [5.74, 6) is 0.928. The Balaban J connectivity index is 2.31. The van der Waals surface area contributed by atoms with Crippen molar-refractivity contribution < 1.29 is 4.74 Å². The van der Waals surface area contributed by atoms with Crippen LogP contribution in [-0.4, -0.2) is 65.4 Å². The van der Waals surface area contributed by atoms with Gasteiger partial charge in [0.05, 0.1) is 0 Å². The summed E-state index contributed by atoms with van der Waals surface area (Å²) in [4.78, 5) is 6.53. The van der Waals surface area contributed by atoms with Crippen LogP contribution in [0.2, 0.25) is 0 Å². The molecule has 1 aliphatic rings. The number of nitrogens with one attached hydrogen (secondary N) is 2. The highest BCUT2D eigenvalue weighted by Gasteiger charge is 2.33. The number of guanidine groups is 1. The number of hydrogen-bond acceptors (Lipinski definition) is 3. The number of ether oxygens (including phenoxy) is 1. The van der Waals surface area contributed by atoms with Gasteiger partial charge in [0.1, 0.15) is 0 Å². The van der Waals surface area contributed by atoms with Crippen molar-refractivity contribution in [2.75, 3.05) is 54.5 Å². The number of methoxy groups -OCH3 is 1. The number of hydrogen-bond donors (Lipinski definition) is 2. The normalized spacial score (nSPS) is 18.2. The molecule has 2 N–H and O–H groups in total. The number of rotatable bonds is 9. The van der Waals surface area contributed by atoms with E-state index in [2.05, 4.69) is 34.6 Å². The van der Waals surface area contributed by atoms with Crippen molar-refractivity contribution in [2.45, 2.75) is 38.5 Å². The second-order valence-electron chi connectivity index (χ2n) is 6.46. The van der Waals surface area contributed by atoms with Gasteiger partial charge in [-0.25, -0.2) is 0 Å². The van der Waals surface area contributed by atoms with Crippen LogP contribution in [0, 0.1) is 5.41 Å². The van der Waals surface area contributed by atoms with Gasteiger partial charge in [0, 0.05) is 33.9 Å². The maximum Gasteiger partial charge on any atom is 0.190 e.